The van der Waals surface area contributed by atoms with Crippen molar-refractivity contribution in [3.8, 4) is 0 Å². The minimum Gasteiger partial charge on any atom is -0.377 e. The van der Waals surface area contributed by atoms with Crippen LogP contribution in [0.2, 0.25) is 0 Å². The van der Waals surface area contributed by atoms with Gasteiger partial charge < -0.3 is 4.90 Å². The Balaban J connectivity index is 2.82. The minimum atomic E-state index is 0.0208. The van der Waals surface area contributed by atoms with Crippen molar-refractivity contribution in [2.75, 3.05) is 13.1 Å². The van der Waals surface area contributed by atoms with Gasteiger partial charge in [-0.05, 0) is 29.8 Å². The summed E-state index contributed by atoms with van der Waals surface area (Å²) in [6, 6.07) is 9.27. The highest BCUT2D eigenvalue weighted by molar-refractivity contribution is 9.12. The summed E-state index contributed by atoms with van der Waals surface area (Å²) in [5, 5.41) is 0. The van der Waals surface area contributed by atoms with Crippen LogP contribution in [-0.4, -0.2) is 23.8 Å². The molecule has 0 unspecified atom stereocenters. The molecule has 3 heteroatoms. The summed E-state index contributed by atoms with van der Waals surface area (Å²) in [6.45, 7) is 5.92. The zero-order valence-corrected chi connectivity index (χ0v) is 11.2. The number of allylic oxidation sites excluding steroid dienone is 1. The number of halogens is 1. The van der Waals surface area contributed by atoms with Crippen molar-refractivity contribution < 1.29 is 4.79 Å². The average Bonchev–Trinajstić information content (AvgIpc) is 2.35. The van der Waals surface area contributed by atoms with E-state index in [9.17, 15) is 4.79 Å². The number of carbonyl (C=O) groups excluding carboxylic acids is 1. The fourth-order valence-corrected chi connectivity index (χ4v) is 1.87. The first-order chi connectivity index (χ1) is 7.69. The second-order valence-corrected chi connectivity index (χ2v) is 4.25. The van der Waals surface area contributed by atoms with Crippen molar-refractivity contribution in [2.45, 2.75) is 13.8 Å². The molecule has 0 spiro atoms. The molecule has 0 amide bonds. The molecular formula is C13H16BrNO. The van der Waals surface area contributed by atoms with E-state index in [1.54, 1.807) is 0 Å². The van der Waals surface area contributed by atoms with Crippen LogP contribution < -0.4 is 0 Å². The lowest BCUT2D eigenvalue weighted by Crippen LogP contribution is -2.17. The van der Waals surface area contributed by atoms with Crippen LogP contribution in [0.5, 0.6) is 0 Å². The van der Waals surface area contributed by atoms with Gasteiger partial charge in [0.2, 0.25) is 5.78 Å². The molecule has 0 aliphatic carbocycles. The molecular weight excluding hydrogens is 266 g/mol. The van der Waals surface area contributed by atoms with Gasteiger partial charge >= 0.3 is 0 Å². The van der Waals surface area contributed by atoms with E-state index >= 15 is 0 Å². The Labute approximate surface area is 105 Å². The SMILES string of the molecule is CCN(/C=C(\Br)C(=O)c1ccccc1)CC. The maximum absolute atomic E-state index is 12.0. The molecule has 1 aromatic carbocycles. The van der Waals surface area contributed by atoms with Crippen LogP contribution in [0.3, 0.4) is 0 Å². The Morgan fingerprint density at radius 1 is 1.25 bits per heavy atom. The molecule has 0 heterocycles. The average molecular weight is 282 g/mol. The summed E-state index contributed by atoms with van der Waals surface area (Å²) in [5.41, 5.74) is 0.706. The highest BCUT2D eigenvalue weighted by Gasteiger charge is 2.09. The number of hydrogen-bond acceptors (Lipinski definition) is 2. The molecule has 1 rings (SSSR count). The van der Waals surface area contributed by atoms with Gasteiger partial charge in [0.15, 0.2) is 0 Å². The number of rotatable bonds is 5. The molecule has 2 nitrogen and oxygen atoms in total. The number of carbonyl (C=O) groups is 1. The third kappa shape index (κ3) is 3.49. The van der Waals surface area contributed by atoms with Gasteiger partial charge in [-0.2, -0.15) is 0 Å². The third-order valence-corrected chi connectivity index (χ3v) is 2.93. The molecule has 0 atom stereocenters. The molecule has 1 aromatic rings. The van der Waals surface area contributed by atoms with Crippen LogP contribution >= 0.6 is 15.9 Å². The molecule has 0 N–H and O–H groups in total. The first-order valence-electron chi connectivity index (χ1n) is 5.40. The second kappa shape index (κ2) is 6.48. The topological polar surface area (TPSA) is 20.3 Å². The van der Waals surface area contributed by atoms with Gasteiger partial charge in [0.05, 0.1) is 4.48 Å². The zero-order valence-electron chi connectivity index (χ0n) is 9.61. The maximum atomic E-state index is 12.0. The van der Waals surface area contributed by atoms with E-state index in [0.29, 0.717) is 10.0 Å². The second-order valence-electron chi connectivity index (χ2n) is 3.39. The van der Waals surface area contributed by atoms with E-state index in [-0.39, 0.29) is 5.78 Å². The third-order valence-electron chi connectivity index (χ3n) is 2.36. The zero-order chi connectivity index (χ0) is 12.0. The molecule has 0 bridgehead atoms. The quantitative estimate of drug-likeness (QED) is 0.609. The van der Waals surface area contributed by atoms with Crippen LogP contribution in [0.4, 0.5) is 0 Å². The molecule has 0 saturated heterocycles. The van der Waals surface area contributed by atoms with Crippen molar-refractivity contribution >= 4 is 21.7 Å². The summed E-state index contributed by atoms with van der Waals surface area (Å²) >= 11 is 3.33. The lowest BCUT2D eigenvalue weighted by atomic mass is 10.1. The summed E-state index contributed by atoms with van der Waals surface area (Å²) < 4.78 is 0.599. The fourth-order valence-electron chi connectivity index (χ4n) is 1.35. The highest BCUT2D eigenvalue weighted by atomic mass is 79.9. The Kier molecular flexibility index (Phi) is 5.26. The van der Waals surface area contributed by atoms with Gasteiger partial charge in [0, 0.05) is 24.9 Å². The van der Waals surface area contributed by atoms with Crippen molar-refractivity contribution in [3.63, 3.8) is 0 Å². The summed E-state index contributed by atoms with van der Waals surface area (Å²) in [4.78, 5) is 14.0. The predicted octanol–water partition coefficient (Wildman–Crippen LogP) is 3.45. The molecule has 0 fully saturated rings. The van der Waals surface area contributed by atoms with E-state index in [1.807, 2.05) is 36.5 Å². The molecule has 86 valence electrons. The molecule has 0 aliphatic heterocycles. The fraction of sp³-hybridized carbons (Fsp3) is 0.308. The Morgan fingerprint density at radius 3 is 2.31 bits per heavy atom. The maximum Gasteiger partial charge on any atom is 0.201 e. The Bertz CT molecular complexity index is 369. The number of hydrogen-bond donors (Lipinski definition) is 0. The largest absolute Gasteiger partial charge is 0.377 e. The minimum absolute atomic E-state index is 0.0208. The molecule has 0 saturated carbocycles. The van der Waals surface area contributed by atoms with E-state index in [1.165, 1.54) is 0 Å². The molecule has 0 aliphatic rings. The van der Waals surface area contributed by atoms with E-state index in [0.717, 1.165) is 13.1 Å². The standard InChI is InChI=1S/C13H16BrNO/c1-3-15(4-2)10-12(14)13(16)11-8-6-5-7-9-11/h5-10H,3-4H2,1-2H3/b12-10-. The molecule has 0 aromatic heterocycles. The van der Waals surface area contributed by atoms with Gasteiger partial charge in [0.25, 0.3) is 0 Å². The van der Waals surface area contributed by atoms with Crippen LogP contribution in [0.15, 0.2) is 41.0 Å². The molecule has 0 radical (unpaired) electrons. The first kappa shape index (κ1) is 13.0. The Morgan fingerprint density at radius 2 is 1.81 bits per heavy atom. The van der Waals surface area contributed by atoms with Crippen LogP contribution in [-0.2, 0) is 0 Å². The predicted molar refractivity (Wildman–Crippen MR) is 70.7 cm³/mol. The van der Waals surface area contributed by atoms with E-state index in [4.69, 9.17) is 0 Å². The van der Waals surface area contributed by atoms with Crippen LogP contribution in [0, 0.1) is 0 Å². The number of Topliss-reactive ketones (excluding diaryl/α,β-unsaturated/α-hetero) is 1. The van der Waals surface area contributed by atoms with Crippen LogP contribution in [0.25, 0.3) is 0 Å². The normalized spacial score (nSPS) is 11.3. The van der Waals surface area contributed by atoms with Crippen LogP contribution in [0.1, 0.15) is 24.2 Å². The Hall–Kier alpha value is -1.09. The monoisotopic (exact) mass is 281 g/mol. The number of ketones is 1. The van der Waals surface area contributed by atoms with Crippen molar-refractivity contribution in [1.29, 1.82) is 0 Å². The van der Waals surface area contributed by atoms with E-state index < -0.39 is 0 Å². The van der Waals surface area contributed by atoms with Crippen molar-refractivity contribution in [1.82, 2.24) is 4.90 Å². The van der Waals surface area contributed by atoms with Gasteiger partial charge in [-0.25, -0.2) is 0 Å². The summed E-state index contributed by atoms with van der Waals surface area (Å²) in [7, 11) is 0. The van der Waals surface area contributed by atoms with Crippen molar-refractivity contribution in [2.24, 2.45) is 0 Å². The van der Waals surface area contributed by atoms with Crippen molar-refractivity contribution in [3.05, 3.63) is 46.6 Å². The van der Waals surface area contributed by atoms with Gasteiger partial charge in [0.1, 0.15) is 0 Å². The summed E-state index contributed by atoms with van der Waals surface area (Å²) in [6.07, 6.45) is 1.86. The van der Waals surface area contributed by atoms with Gasteiger partial charge in [-0.3, -0.25) is 4.79 Å². The smallest absolute Gasteiger partial charge is 0.201 e. The lowest BCUT2D eigenvalue weighted by Gasteiger charge is -2.15. The molecule has 16 heavy (non-hydrogen) atoms. The summed E-state index contributed by atoms with van der Waals surface area (Å²) in [5.74, 6) is 0.0208. The number of nitrogens with zero attached hydrogens (tertiary/aromatic N) is 1. The van der Waals surface area contributed by atoms with E-state index in [2.05, 4.69) is 34.7 Å². The van der Waals surface area contributed by atoms with Gasteiger partial charge in [-0.15, -0.1) is 0 Å². The lowest BCUT2D eigenvalue weighted by molar-refractivity contribution is 0.104. The highest BCUT2D eigenvalue weighted by Crippen LogP contribution is 2.14. The van der Waals surface area contributed by atoms with Gasteiger partial charge in [-0.1, -0.05) is 30.3 Å². The first-order valence-corrected chi connectivity index (χ1v) is 6.19. The number of benzene rings is 1.